The minimum atomic E-state index is -0.148. The van der Waals surface area contributed by atoms with Gasteiger partial charge in [-0.25, -0.2) is 0 Å². The van der Waals surface area contributed by atoms with Gasteiger partial charge in [0.15, 0.2) is 5.78 Å². The Morgan fingerprint density at radius 2 is 2.29 bits per heavy atom. The van der Waals surface area contributed by atoms with E-state index in [1.807, 2.05) is 11.5 Å². The lowest BCUT2D eigenvalue weighted by Gasteiger charge is -2.11. The molecule has 2 N–H and O–H groups in total. The fourth-order valence-electron chi connectivity index (χ4n) is 2.81. The number of benzene rings is 1. The first-order valence-electron chi connectivity index (χ1n) is 7.14. The van der Waals surface area contributed by atoms with Gasteiger partial charge in [0.05, 0.1) is 11.6 Å². The van der Waals surface area contributed by atoms with Crippen molar-refractivity contribution in [3.05, 3.63) is 42.0 Å². The summed E-state index contributed by atoms with van der Waals surface area (Å²) in [7, 11) is 0. The first-order valence-corrected chi connectivity index (χ1v) is 7.14. The lowest BCUT2D eigenvalue weighted by molar-refractivity contribution is 0.0926. The zero-order valence-corrected chi connectivity index (χ0v) is 11.9. The van der Waals surface area contributed by atoms with Crippen molar-refractivity contribution in [2.45, 2.75) is 25.9 Å². The second kappa shape index (κ2) is 5.65. The molecule has 1 aliphatic rings. The summed E-state index contributed by atoms with van der Waals surface area (Å²) in [5.41, 5.74) is 0.391. The van der Waals surface area contributed by atoms with Gasteiger partial charge in [0.25, 0.3) is 0 Å². The SMILES string of the molecule is CCn1cnnc1C1CC(C(=O)c2ccccc2O)CN1. The lowest BCUT2D eigenvalue weighted by atomic mass is 9.94. The first-order chi connectivity index (χ1) is 10.2. The van der Waals surface area contributed by atoms with Crippen LogP contribution in [0.3, 0.4) is 0 Å². The molecule has 0 saturated carbocycles. The van der Waals surface area contributed by atoms with Crippen molar-refractivity contribution in [2.75, 3.05) is 6.54 Å². The third kappa shape index (κ3) is 2.54. The summed E-state index contributed by atoms with van der Waals surface area (Å²) in [4.78, 5) is 12.5. The van der Waals surface area contributed by atoms with Crippen molar-refractivity contribution in [1.29, 1.82) is 0 Å². The van der Waals surface area contributed by atoms with Crippen LogP contribution < -0.4 is 5.32 Å². The maximum Gasteiger partial charge on any atom is 0.170 e. The Kier molecular flexibility index (Phi) is 3.70. The van der Waals surface area contributed by atoms with Gasteiger partial charge in [0, 0.05) is 19.0 Å². The van der Waals surface area contributed by atoms with Crippen molar-refractivity contribution in [1.82, 2.24) is 20.1 Å². The summed E-state index contributed by atoms with van der Waals surface area (Å²) in [5.74, 6) is 0.740. The normalized spacial score (nSPS) is 21.6. The number of para-hydroxylation sites is 1. The van der Waals surface area contributed by atoms with Crippen molar-refractivity contribution >= 4 is 5.78 Å². The van der Waals surface area contributed by atoms with E-state index in [1.165, 1.54) is 0 Å². The molecular weight excluding hydrogens is 268 g/mol. The molecule has 21 heavy (non-hydrogen) atoms. The second-order valence-electron chi connectivity index (χ2n) is 5.25. The van der Waals surface area contributed by atoms with Gasteiger partial charge in [-0.1, -0.05) is 12.1 Å². The summed E-state index contributed by atoms with van der Waals surface area (Å²) in [6, 6.07) is 6.72. The summed E-state index contributed by atoms with van der Waals surface area (Å²) in [5, 5.41) is 21.2. The molecule has 1 aromatic heterocycles. The number of carbonyl (C=O) groups is 1. The number of hydrogen-bond acceptors (Lipinski definition) is 5. The summed E-state index contributed by atoms with van der Waals surface area (Å²) < 4.78 is 1.98. The van der Waals surface area contributed by atoms with Crippen LogP contribution in [0, 0.1) is 5.92 Å². The molecule has 110 valence electrons. The molecule has 6 heteroatoms. The number of nitrogens with one attached hydrogen (secondary N) is 1. The van der Waals surface area contributed by atoms with E-state index in [0.29, 0.717) is 18.5 Å². The van der Waals surface area contributed by atoms with Crippen molar-refractivity contribution < 1.29 is 9.90 Å². The number of ketones is 1. The first kappa shape index (κ1) is 13.8. The molecule has 6 nitrogen and oxygen atoms in total. The number of carbonyl (C=O) groups excluding carboxylic acids is 1. The fraction of sp³-hybridized carbons (Fsp3) is 0.400. The fourth-order valence-corrected chi connectivity index (χ4v) is 2.81. The molecule has 0 aliphatic carbocycles. The number of aromatic nitrogens is 3. The number of rotatable bonds is 4. The van der Waals surface area contributed by atoms with Crippen molar-refractivity contribution in [3.63, 3.8) is 0 Å². The lowest BCUT2D eigenvalue weighted by Crippen LogP contribution is -2.19. The van der Waals surface area contributed by atoms with Crippen LogP contribution in [0.2, 0.25) is 0 Å². The molecule has 0 bridgehead atoms. The largest absolute Gasteiger partial charge is 0.507 e. The van der Waals surface area contributed by atoms with Gasteiger partial charge in [-0.2, -0.15) is 0 Å². The number of aryl methyl sites for hydroxylation is 1. The van der Waals surface area contributed by atoms with E-state index >= 15 is 0 Å². The molecule has 1 aliphatic heterocycles. The molecular formula is C15H18N4O2. The van der Waals surface area contributed by atoms with Gasteiger partial charge in [-0.05, 0) is 25.5 Å². The number of aromatic hydroxyl groups is 1. The van der Waals surface area contributed by atoms with E-state index in [1.54, 1.807) is 30.6 Å². The van der Waals surface area contributed by atoms with Crippen LogP contribution in [0.1, 0.15) is 35.6 Å². The highest BCUT2D eigenvalue weighted by Gasteiger charge is 2.33. The molecule has 2 unspecified atom stereocenters. The number of phenolic OH excluding ortho intramolecular Hbond substituents is 1. The molecule has 1 saturated heterocycles. The Labute approximate surface area is 122 Å². The molecule has 0 amide bonds. The standard InChI is InChI=1S/C15H18N4O2/c1-2-19-9-17-18-15(19)12-7-10(8-16-12)14(21)11-5-3-4-6-13(11)20/h3-6,9-10,12,16,20H,2,7-8H2,1H3. The Balaban J connectivity index is 1.76. The highest BCUT2D eigenvalue weighted by atomic mass is 16.3. The van der Waals surface area contributed by atoms with Gasteiger partial charge < -0.3 is 15.0 Å². The third-order valence-corrected chi connectivity index (χ3v) is 3.97. The Morgan fingerprint density at radius 3 is 3.05 bits per heavy atom. The van der Waals surface area contributed by atoms with Gasteiger partial charge in [-0.15, -0.1) is 10.2 Å². The van der Waals surface area contributed by atoms with E-state index in [4.69, 9.17) is 0 Å². The topological polar surface area (TPSA) is 80.0 Å². The smallest absolute Gasteiger partial charge is 0.170 e. The Bertz CT molecular complexity index is 653. The van der Waals surface area contributed by atoms with Crippen LogP contribution in [0.25, 0.3) is 0 Å². The molecule has 2 atom stereocenters. The summed E-state index contributed by atoms with van der Waals surface area (Å²) in [6.07, 6.45) is 2.38. The van der Waals surface area contributed by atoms with E-state index in [-0.39, 0.29) is 23.5 Å². The molecule has 2 heterocycles. The van der Waals surface area contributed by atoms with E-state index in [0.717, 1.165) is 12.4 Å². The van der Waals surface area contributed by atoms with Gasteiger partial charge in [0.1, 0.15) is 17.9 Å². The second-order valence-corrected chi connectivity index (χ2v) is 5.25. The summed E-state index contributed by atoms with van der Waals surface area (Å²) >= 11 is 0. The minimum Gasteiger partial charge on any atom is -0.507 e. The predicted octanol–water partition coefficient (Wildman–Crippen LogP) is 1.54. The highest BCUT2D eigenvalue weighted by molar-refractivity contribution is 6.00. The molecule has 3 rings (SSSR count). The third-order valence-electron chi connectivity index (χ3n) is 3.97. The highest BCUT2D eigenvalue weighted by Crippen LogP contribution is 2.30. The minimum absolute atomic E-state index is 0.0225. The molecule has 0 radical (unpaired) electrons. The van der Waals surface area contributed by atoms with E-state index in [2.05, 4.69) is 15.5 Å². The monoisotopic (exact) mass is 286 g/mol. The van der Waals surface area contributed by atoms with Crippen LogP contribution in [0.4, 0.5) is 0 Å². The quantitative estimate of drug-likeness (QED) is 0.833. The zero-order chi connectivity index (χ0) is 14.8. The number of Topliss-reactive ketones (excluding diaryl/α,β-unsaturated/α-hetero) is 1. The van der Waals surface area contributed by atoms with Gasteiger partial charge in [0.2, 0.25) is 0 Å². The number of nitrogens with zero attached hydrogens (tertiary/aromatic N) is 3. The molecule has 1 aromatic carbocycles. The van der Waals surface area contributed by atoms with Crippen molar-refractivity contribution in [3.8, 4) is 5.75 Å². The number of phenols is 1. The predicted molar refractivity (Wildman–Crippen MR) is 77.0 cm³/mol. The van der Waals surface area contributed by atoms with Crippen LogP contribution in [0.15, 0.2) is 30.6 Å². The van der Waals surface area contributed by atoms with Crippen LogP contribution in [-0.2, 0) is 6.54 Å². The Hall–Kier alpha value is -2.21. The Morgan fingerprint density at radius 1 is 1.48 bits per heavy atom. The maximum absolute atomic E-state index is 12.5. The van der Waals surface area contributed by atoms with Crippen LogP contribution in [-0.4, -0.2) is 32.2 Å². The molecule has 2 aromatic rings. The number of hydrogen-bond donors (Lipinski definition) is 2. The van der Waals surface area contributed by atoms with Gasteiger partial charge >= 0.3 is 0 Å². The van der Waals surface area contributed by atoms with Gasteiger partial charge in [-0.3, -0.25) is 4.79 Å². The van der Waals surface area contributed by atoms with E-state index in [9.17, 15) is 9.90 Å². The van der Waals surface area contributed by atoms with E-state index < -0.39 is 0 Å². The summed E-state index contributed by atoms with van der Waals surface area (Å²) in [6.45, 7) is 3.43. The van der Waals surface area contributed by atoms with Crippen LogP contribution >= 0.6 is 0 Å². The average Bonchev–Trinajstić information content (AvgIpc) is 3.15. The zero-order valence-electron chi connectivity index (χ0n) is 11.9. The maximum atomic E-state index is 12.5. The van der Waals surface area contributed by atoms with Crippen molar-refractivity contribution in [2.24, 2.45) is 5.92 Å². The molecule has 0 spiro atoms. The average molecular weight is 286 g/mol. The van der Waals surface area contributed by atoms with Crippen LogP contribution in [0.5, 0.6) is 5.75 Å². The molecule has 1 fully saturated rings.